The zero-order chi connectivity index (χ0) is 16.3. The monoisotopic (exact) mass is 321 g/mol. The molecule has 0 radical (unpaired) electrons. The number of fused-ring (bicyclic) bond motifs is 1. The van der Waals surface area contributed by atoms with Crippen LogP contribution in [-0.4, -0.2) is 67.4 Å². The number of likely N-dealkylation sites (tertiary alicyclic amines) is 1. The van der Waals surface area contributed by atoms with E-state index in [4.69, 9.17) is 14.2 Å². The van der Waals surface area contributed by atoms with Crippen LogP contribution in [-0.2, 0) is 9.47 Å². The van der Waals surface area contributed by atoms with Crippen LogP contribution in [0.2, 0.25) is 0 Å². The smallest absolute Gasteiger partial charge is 0.291 e. The van der Waals surface area contributed by atoms with Gasteiger partial charge in [0, 0.05) is 32.2 Å². The molecule has 0 spiro atoms. The second-order valence-electron chi connectivity index (χ2n) is 6.22. The summed E-state index contributed by atoms with van der Waals surface area (Å²) >= 11 is 0. The number of piperidine rings is 1. The average Bonchev–Trinajstić information content (AvgIpc) is 2.60. The quantitative estimate of drug-likeness (QED) is 0.828. The van der Waals surface area contributed by atoms with Crippen LogP contribution in [0.15, 0.2) is 12.4 Å². The van der Waals surface area contributed by atoms with E-state index in [0.29, 0.717) is 25.4 Å². The number of ether oxygens (including phenoxy) is 3. The lowest BCUT2D eigenvalue weighted by Gasteiger charge is -2.50. The molecule has 3 heterocycles. The number of hydrogen-bond donors (Lipinski definition) is 0. The van der Waals surface area contributed by atoms with E-state index in [-0.39, 0.29) is 23.3 Å². The van der Waals surface area contributed by atoms with E-state index in [1.165, 1.54) is 12.4 Å². The molecule has 0 bridgehead atoms. The van der Waals surface area contributed by atoms with Gasteiger partial charge in [-0.3, -0.25) is 4.79 Å². The fraction of sp³-hybridized carbons (Fsp3) is 0.688. The van der Waals surface area contributed by atoms with Crippen molar-refractivity contribution in [3.63, 3.8) is 0 Å². The molecule has 2 aliphatic rings. The molecule has 2 aliphatic heterocycles. The molecule has 7 nitrogen and oxygen atoms in total. The SMILES string of the molecule is COCC12CCCOC1CCN(C(=O)c1ncc(OC)cn1)C2. The van der Waals surface area contributed by atoms with Crippen molar-refractivity contribution in [2.24, 2.45) is 5.41 Å². The molecule has 7 heteroatoms. The van der Waals surface area contributed by atoms with Crippen molar-refractivity contribution in [3.05, 3.63) is 18.2 Å². The van der Waals surface area contributed by atoms with Crippen molar-refractivity contribution >= 4 is 5.91 Å². The van der Waals surface area contributed by atoms with Crippen LogP contribution in [0.4, 0.5) is 0 Å². The van der Waals surface area contributed by atoms with Gasteiger partial charge >= 0.3 is 0 Å². The first-order valence-electron chi connectivity index (χ1n) is 7.94. The summed E-state index contributed by atoms with van der Waals surface area (Å²) < 4.78 is 16.4. The van der Waals surface area contributed by atoms with E-state index in [2.05, 4.69) is 9.97 Å². The molecule has 2 saturated heterocycles. The summed E-state index contributed by atoms with van der Waals surface area (Å²) in [7, 11) is 3.25. The summed E-state index contributed by atoms with van der Waals surface area (Å²) in [5.41, 5.74) is -0.118. The highest BCUT2D eigenvalue weighted by molar-refractivity contribution is 5.90. The van der Waals surface area contributed by atoms with Gasteiger partial charge in [-0.2, -0.15) is 0 Å². The van der Waals surface area contributed by atoms with Gasteiger partial charge in [-0.15, -0.1) is 0 Å². The summed E-state index contributed by atoms with van der Waals surface area (Å²) in [6.07, 6.45) is 6.03. The number of methoxy groups -OCH3 is 2. The molecule has 0 saturated carbocycles. The predicted molar refractivity (Wildman–Crippen MR) is 82.4 cm³/mol. The highest BCUT2D eigenvalue weighted by atomic mass is 16.5. The first kappa shape index (κ1) is 16.1. The first-order valence-corrected chi connectivity index (χ1v) is 7.94. The van der Waals surface area contributed by atoms with Crippen molar-refractivity contribution in [1.82, 2.24) is 14.9 Å². The van der Waals surface area contributed by atoms with Crippen molar-refractivity contribution in [2.75, 3.05) is 40.5 Å². The minimum Gasteiger partial charge on any atom is -0.494 e. The molecule has 2 atom stereocenters. The van der Waals surface area contributed by atoms with Gasteiger partial charge in [-0.1, -0.05) is 0 Å². The van der Waals surface area contributed by atoms with Crippen molar-refractivity contribution < 1.29 is 19.0 Å². The molecular formula is C16H23N3O4. The van der Waals surface area contributed by atoms with Crippen LogP contribution in [0.5, 0.6) is 5.75 Å². The molecule has 1 amide bonds. The Labute approximate surface area is 136 Å². The Morgan fingerprint density at radius 3 is 2.91 bits per heavy atom. The summed E-state index contributed by atoms with van der Waals surface area (Å²) in [5, 5.41) is 0. The number of nitrogens with zero attached hydrogens (tertiary/aromatic N) is 3. The maximum Gasteiger partial charge on any atom is 0.291 e. The number of aromatic nitrogens is 2. The Morgan fingerprint density at radius 1 is 1.43 bits per heavy atom. The molecule has 1 aromatic rings. The van der Waals surface area contributed by atoms with Crippen molar-refractivity contribution in [3.8, 4) is 5.75 Å². The van der Waals surface area contributed by atoms with Gasteiger partial charge in [0.1, 0.15) is 0 Å². The molecule has 0 N–H and O–H groups in total. The summed E-state index contributed by atoms with van der Waals surface area (Å²) in [6, 6.07) is 0. The highest BCUT2D eigenvalue weighted by Gasteiger charge is 2.47. The Bertz CT molecular complexity index is 547. The number of amides is 1. The number of carbonyl (C=O) groups is 1. The Kier molecular flexibility index (Phi) is 4.77. The van der Waals surface area contributed by atoms with Gasteiger partial charge in [0.2, 0.25) is 5.82 Å². The lowest BCUT2D eigenvalue weighted by atomic mass is 9.73. The standard InChI is InChI=1S/C16H23N3O4/c1-21-11-16-5-3-7-23-13(16)4-6-19(10-16)15(20)14-17-8-12(22-2)9-18-14/h8-9,13H,3-7,10-11H2,1-2H3. The van der Waals surface area contributed by atoms with E-state index in [1.54, 1.807) is 14.2 Å². The molecule has 126 valence electrons. The van der Waals surface area contributed by atoms with Gasteiger partial charge in [0.25, 0.3) is 5.91 Å². The molecule has 2 fully saturated rings. The maximum absolute atomic E-state index is 12.7. The lowest BCUT2D eigenvalue weighted by Crippen LogP contribution is -2.58. The molecular weight excluding hydrogens is 298 g/mol. The third-order valence-electron chi connectivity index (χ3n) is 4.76. The van der Waals surface area contributed by atoms with Crippen molar-refractivity contribution in [2.45, 2.75) is 25.4 Å². The molecule has 2 unspecified atom stereocenters. The number of carbonyl (C=O) groups excluding carboxylic acids is 1. The first-order chi connectivity index (χ1) is 11.2. The van der Waals surface area contributed by atoms with Gasteiger partial charge in [-0.05, 0) is 19.3 Å². The zero-order valence-corrected chi connectivity index (χ0v) is 13.7. The molecule has 0 aliphatic carbocycles. The van der Waals surface area contributed by atoms with E-state index in [0.717, 1.165) is 25.9 Å². The van der Waals surface area contributed by atoms with Gasteiger partial charge in [0.15, 0.2) is 5.75 Å². The van der Waals surface area contributed by atoms with Crippen LogP contribution >= 0.6 is 0 Å². The van der Waals surface area contributed by atoms with Gasteiger partial charge in [0.05, 0.1) is 32.2 Å². The largest absolute Gasteiger partial charge is 0.494 e. The van der Waals surface area contributed by atoms with E-state index < -0.39 is 0 Å². The van der Waals surface area contributed by atoms with Gasteiger partial charge in [-0.25, -0.2) is 9.97 Å². The number of rotatable bonds is 4. The fourth-order valence-electron chi connectivity index (χ4n) is 3.64. The maximum atomic E-state index is 12.7. The Morgan fingerprint density at radius 2 is 2.22 bits per heavy atom. The van der Waals surface area contributed by atoms with Crippen LogP contribution in [0, 0.1) is 5.41 Å². The topological polar surface area (TPSA) is 73.8 Å². The second kappa shape index (κ2) is 6.80. The third-order valence-corrected chi connectivity index (χ3v) is 4.76. The Balaban J connectivity index is 1.76. The van der Waals surface area contributed by atoms with Crippen LogP contribution in [0.25, 0.3) is 0 Å². The zero-order valence-electron chi connectivity index (χ0n) is 13.7. The van der Waals surface area contributed by atoms with Crippen LogP contribution in [0.3, 0.4) is 0 Å². The summed E-state index contributed by atoms with van der Waals surface area (Å²) in [4.78, 5) is 22.7. The number of hydrogen-bond acceptors (Lipinski definition) is 6. The van der Waals surface area contributed by atoms with E-state index in [9.17, 15) is 4.79 Å². The molecule has 0 aromatic carbocycles. The van der Waals surface area contributed by atoms with Crippen molar-refractivity contribution in [1.29, 1.82) is 0 Å². The highest BCUT2D eigenvalue weighted by Crippen LogP contribution is 2.40. The predicted octanol–water partition coefficient (Wildman–Crippen LogP) is 1.14. The third kappa shape index (κ3) is 3.16. The minimum absolute atomic E-state index is 0.118. The van der Waals surface area contributed by atoms with Crippen LogP contribution < -0.4 is 4.74 Å². The average molecular weight is 321 g/mol. The van der Waals surface area contributed by atoms with E-state index in [1.807, 2.05) is 4.90 Å². The normalized spacial score (nSPS) is 27.4. The fourth-order valence-corrected chi connectivity index (χ4v) is 3.64. The Hall–Kier alpha value is -1.73. The lowest BCUT2D eigenvalue weighted by molar-refractivity contribution is -0.142. The van der Waals surface area contributed by atoms with Gasteiger partial charge < -0.3 is 19.1 Å². The molecule has 1 aromatic heterocycles. The van der Waals surface area contributed by atoms with Crippen LogP contribution in [0.1, 0.15) is 29.9 Å². The molecule has 3 rings (SSSR count). The summed E-state index contributed by atoms with van der Waals surface area (Å²) in [6.45, 7) is 2.68. The molecule has 23 heavy (non-hydrogen) atoms. The van der Waals surface area contributed by atoms with E-state index >= 15 is 0 Å². The second-order valence-corrected chi connectivity index (χ2v) is 6.22. The minimum atomic E-state index is -0.146. The summed E-state index contributed by atoms with van der Waals surface area (Å²) in [5.74, 6) is 0.595.